The Labute approximate surface area is 87.9 Å². The van der Waals surface area contributed by atoms with E-state index in [0.29, 0.717) is 0 Å². The molecular formula is C12H22N2. The van der Waals surface area contributed by atoms with Crippen LogP contribution in [-0.2, 0) is 0 Å². The van der Waals surface area contributed by atoms with Crippen molar-refractivity contribution in [2.75, 3.05) is 13.6 Å². The van der Waals surface area contributed by atoms with E-state index in [0.717, 1.165) is 18.9 Å². The number of nitrogens with zero attached hydrogens (tertiary/aromatic N) is 2. The van der Waals surface area contributed by atoms with Gasteiger partial charge in [0.2, 0.25) is 0 Å². The fraction of sp³-hybridized carbons (Fsp3) is 0.917. The molecule has 0 N–H and O–H groups in total. The molecule has 0 aliphatic heterocycles. The van der Waals surface area contributed by atoms with Crippen LogP contribution < -0.4 is 0 Å². The molecule has 0 radical (unpaired) electrons. The Morgan fingerprint density at radius 1 is 1.36 bits per heavy atom. The third kappa shape index (κ3) is 3.31. The van der Waals surface area contributed by atoms with Gasteiger partial charge in [0.1, 0.15) is 0 Å². The zero-order chi connectivity index (χ0) is 10.4. The SMILES string of the molecule is CCC(C#N)N(C)CC1CCCCC1. The number of hydrogen-bond donors (Lipinski definition) is 0. The van der Waals surface area contributed by atoms with Gasteiger partial charge in [-0.1, -0.05) is 26.2 Å². The van der Waals surface area contributed by atoms with Gasteiger partial charge < -0.3 is 0 Å². The lowest BCUT2D eigenvalue weighted by Gasteiger charge is -2.29. The summed E-state index contributed by atoms with van der Waals surface area (Å²) in [4.78, 5) is 2.23. The van der Waals surface area contributed by atoms with E-state index < -0.39 is 0 Å². The van der Waals surface area contributed by atoms with E-state index in [9.17, 15) is 0 Å². The minimum absolute atomic E-state index is 0.122. The van der Waals surface area contributed by atoms with Crippen molar-refractivity contribution in [3.8, 4) is 6.07 Å². The first-order valence-corrected chi connectivity index (χ1v) is 5.87. The Bertz CT molecular complexity index is 189. The maximum Gasteiger partial charge on any atom is 0.0972 e. The van der Waals surface area contributed by atoms with Crippen molar-refractivity contribution in [3.63, 3.8) is 0 Å². The Hall–Kier alpha value is -0.550. The summed E-state index contributed by atoms with van der Waals surface area (Å²) >= 11 is 0. The summed E-state index contributed by atoms with van der Waals surface area (Å²) in [7, 11) is 2.09. The predicted octanol–water partition coefficient (Wildman–Crippen LogP) is 2.80. The smallest absolute Gasteiger partial charge is 0.0972 e. The van der Waals surface area contributed by atoms with Crippen LogP contribution in [0.25, 0.3) is 0 Å². The summed E-state index contributed by atoms with van der Waals surface area (Å²) in [6.45, 7) is 3.21. The van der Waals surface area contributed by atoms with Gasteiger partial charge in [0.15, 0.2) is 0 Å². The molecule has 2 nitrogen and oxygen atoms in total. The van der Waals surface area contributed by atoms with E-state index in [-0.39, 0.29) is 6.04 Å². The lowest BCUT2D eigenvalue weighted by molar-refractivity contribution is 0.205. The van der Waals surface area contributed by atoms with Crippen LogP contribution in [0, 0.1) is 17.2 Å². The van der Waals surface area contributed by atoms with Gasteiger partial charge in [0, 0.05) is 6.54 Å². The molecule has 0 saturated heterocycles. The molecule has 0 bridgehead atoms. The van der Waals surface area contributed by atoms with Crippen molar-refractivity contribution < 1.29 is 0 Å². The molecule has 1 rings (SSSR count). The highest BCUT2D eigenvalue weighted by molar-refractivity contribution is 4.90. The molecule has 14 heavy (non-hydrogen) atoms. The Balaban J connectivity index is 2.31. The van der Waals surface area contributed by atoms with Crippen molar-refractivity contribution in [3.05, 3.63) is 0 Å². The van der Waals surface area contributed by atoms with E-state index in [1.165, 1.54) is 32.1 Å². The number of nitriles is 1. The fourth-order valence-electron chi connectivity index (χ4n) is 2.41. The summed E-state index contributed by atoms with van der Waals surface area (Å²) < 4.78 is 0. The van der Waals surface area contributed by atoms with Gasteiger partial charge in [0.05, 0.1) is 12.1 Å². The first kappa shape index (κ1) is 11.5. The van der Waals surface area contributed by atoms with Crippen LogP contribution in [0.5, 0.6) is 0 Å². The predicted molar refractivity (Wildman–Crippen MR) is 58.9 cm³/mol. The topological polar surface area (TPSA) is 27.0 Å². The second-order valence-electron chi connectivity index (χ2n) is 4.50. The molecule has 1 atom stereocenters. The minimum Gasteiger partial charge on any atom is -0.291 e. The average molecular weight is 194 g/mol. The largest absolute Gasteiger partial charge is 0.291 e. The van der Waals surface area contributed by atoms with Crippen LogP contribution in [-0.4, -0.2) is 24.5 Å². The van der Waals surface area contributed by atoms with Crippen LogP contribution in [0.2, 0.25) is 0 Å². The standard InChI is InChI=1S/C12H22N2/c1-3-12(9-13)14(2)10-11-7-5-4-6-8-11/h11-12H,3-8,10H2,1-2H3. The van der Waals surface area contributed by atoms with Crippen molar-refractivity contribution >= 4 is 0 Å². The lowest BCUT2D eigenvalue weighted by Crippen LogP contribution is -2.34. The van der Waals surface area contributed by atoms with Crippen molar-refractivity contribution in [2.24, 2.45) is 5.92 Å². The molecule has 0 heterocycles. The summed E-state index contributed by atoms with van der Waals surface area (Å²) in [5.41, 5.74) is 0. The molecule has 1 aliphatic carbocycles. The zero-order valence-electron chi connectivity index (χ0n) is 9.50. The van der Waals surface area contributed by atoms with Crippen molar-refractivity contribution in [2.45, 2.75) is 51.5 Å². The highest BCUT2D eigenvalue weighted by atomic mass is 15.1. The van der Waals surface area contributed by atoms with E-state index >= 15 is 0 Å². The lowest BCUT2D eigenvalue weighted by atomic mass is 9.89. The van der Waals surface area contributed by atoms with Gasteiger partial charge in [-0.15, -0.1) is 0 Å². The third-order valence-corrected chi connectivity index (χ3v) is 3.34. The maximum absolute atomic E-state index is 8.93. The summed E-state index contributed by atoms with van der Waals surface area (Å²) in [6.07, 6.45) is 7.87. The second-order valence-corrected chi connectivity index (χ2v) is 4.50. The molecular weight excluding hydrogens is 172 g/mol. The summed E-state index contributed by atoms with van der Waals surface area (Å²) in [6, 6.07) is 2.49. The van der Waals surface area contributed by atoms with Crippen LogP contribution in [0.1, 0.15) is 45.4 Å². The van der Waals surface area contributed by atoms with Gasteiger partial charge in [-0.25, -0.2) is 0 Å². The zero-order valence-corrected chi connectivity index (χ0v) is 9.50. The van der Waals surface area contributed by atoms with Crippen molar-refractivity contribution in [1.29, 1.82) is 5.26 Å². The van der Waals surface area contributed by atoms with E-state index in [4.69, 9.17) is 5.26 Å². The number of rotatable bonds is 4. The Kier molecular flexibility index (Phi) is 4.97. The Morgan fingerprint density at radius 2 is 2.00 bits per heavy atom. The molecule has 2 heteroatoms. The van der Waals surface area contributed by atoms with Crippen LogP contribution >= 0.6 is 0 Å². The van der Waals surface area contributed by atoms with E-state index in [2.05, 4.69) is 24.9 Å². The van der Waals surface area contributed by atoms with Gasteiger partial charge in [0.25, 0.3) is 0 Å². The second kappa shape index (κ2) is 6.03. The Morgan fingerprint density at radius 3 is 2.50 bits per heavy atom. The number of hydrogen-bond acceptors (Lipinski definition) is 2. The third-order valence-electron chi connectivity index (χ3n) is 3.34. The average Bonchev–Trinajstić information content (AvgIpc) is 2.21. The molecule has 0 aromatic heterocycles. The molecule has 80 valence electrons. The minimum atomic E-state index is 0.122. The first-order chi connectivity index (χ1) is 6.77. The van der Waals surface area contributed by atoms with Gasteiger partial charge in [-0.3, -0.25) is 4.90 Å². The summed E-state index contributed by atoms with van der Waals surface area (Å²) in [5, 5.41) is 8.93. The molecule has 1 saturated carbocycles. The van der Waals surface area contributed by atoms with Crippen LogP contribution in [0.15, 0.2) is 0 Å². The molecule has 0 aromatic rings. The van der Waals surface area contributed by atoms with Gasteiger partial charge >= 0.3 is 0 Å². The first-order valence-electron chi connectivity index (χ1n) is 5.87. The highest BCUT2D eigenvalue weighted by Crippen LogP contribution is 2.24. The van der Waals surface area contributed by atoms with Gasteiger partial charge in [-0.05, 0) is 32.2 Å². The monoisotopic (exact) mass is 194 g/mol. The summed E-state index contributed by atoms with van der Waals surface area (Å²) in [5.74, 6) is 0.844. The van der Waals surface area contributed by atoms with E-state index in [1.807, 2.05) is 0 Å². The molecule has 1 fully saturated rings. The van der Waals surface area contributed by atoms with Gasteiger partial charge in [-0.2, -0.15) is 5.26 Å². The highest BCUT2D eigenvalue weighted by Gasteiger charge is 2.18. The quantitative estimate of drug-likeness (QED) is 0.688. The fourth-order valence-corrected chi connectivity index (χ4v) is 2.41. The molecule has 1 aliphatic rings. The van der Waals surface area contributed by atoms with Crippen LogP contribution in [0.4, 0.5) is 0 Å². The van der Waals surface area contributed by atoms with E-state index in [1.54, 1.807) is 0 Å². The van der Waals surface area contributed by atoms with Crippen molar-refractivity contribution in [1.82, 2.24) is 4.90 Å². The normalized spacial score (nSPS) is 20.7. The molecule has 0 spiro atoms. The molecule has 1 unspecified atom stereocenters. The van der Waals surface area contributed by atoms with Crippen LogP contribution in [0.3, 0.4) is 0 Å². The molecule has 0 aromatic carbocycles. The molecule has 0 amide bonds. The maximum atomic E-state index is 8.93.